The van der Waals surface area contributed by atoms with Crippen LogP contribution in [0.5, 0.6) is 17.2 Å². The van der Waals surface area contributed by atoms with Crippen molar-refractivity contribution >= 4 is 23.7 Å². The number of aliphatic hydroxyl groups is 1. The lowest BCUT2D eigenvalue weighted by Crippen LogP contribution is -2.69. The first kappa shape index (κ1) is 30.7. The Morgan fingerprint density at radius 1 is 0.956 bits per heavy atom. The topological polar surface area (TPSA) is 136 Å². The number of carboxylic acid groups (broad SMARTS) is 1. The molecular formula is C35H35FO9. The van der Waals surface area contributed by atoms with E-state index in [2.05, 4.69) is 0 Å². The molecule has 4 aliphatic rings. The number of aliphatic carboxylic acids is 1. The highest BCUT2D eigenvalue weighted by Gasteiger charge is 2.75. The Morgan fingerprint density at radius 3 is 2.20 bits per heavy atom. The summed E-state index contributed by atoms with van der Waals surface area (Å²) in [5.41, 5.74) is -5.83. The van der Waals surface area contributed by atoms with Crippen LogP contribution in [0.4, 0.5) is 4.39 Å². The number of rotatable bonds is 6. The molecule has 10 heteroatoms. The zero-order chi connectivity index (χ0) is 32.4. The highest BCUT2D eigenvalue weighted by molar-refractivity contribution is 5.94. The van der Waals surface area contributed by atoms with Gasteiger partial charge in [-0.15, -0.1) is 0 Å². The van der Waals surface area contributed by atoms with Crippen LogP contribution in [0.25, 0.3) is 0 Å². The average molecular weight is 619 g/mol. The van der Waals surface area contributed by atoms with Crippen molar-refractivity contribution < 1.29 is 48.0 Å². The molecule has 45 heavy (non-hydrogen) atoms. The minimum atomic E-state index is -2.12. The second kappa shape index (κ2) is 10.7. The van der Waals surface area contributed by atoms with Crippen LogP contribution in [-0.4, -0.2) is 51.3 Å². The number of hydrogen-bond acceptors (Lipinski definition) is 8. The average Bonchev–Trinajstić information content (AvgIpc) is 3.27. The van der Waals surface area contributed by atoms with Gasteiger partial charge in [0.25, 0.3) is 0 Å². The molecule has 2 aromatic rings. The number of fused-ring (bicyclic) bond motifs is 5. The number of aliphatic hydroxyl groups excluding tert-OH is 1. The van der Waals surface area contributed by atoms with E-state index < -0.39 is 57.9 Å². The summed E-state index contributed by atoms with van der Waals surface area (Å²) < 4.78 is 34.1. The van der Waals surface area contributed by atoms with Crippen molar-refractivity contribution in [3.63, 3.8) is 0 Å². The third-order valence-electron chi connectivity index (χ3n) is 10.7. The van der Waals surface area contributed by atoms with Crippen molar-refractivity contribution in [2.75, 3.05) is 0 Å². The third-order valence-corrected chi connectivity index (χ3v) is 10.7. The lowest BCUT2D eigenvalue weighted by molar-refractivity contribution is -0.218. The predicted octanol–water partition coefficient (Wildman–Crippen LogP) is 5.76. The van der Waals surface area contributed by atoms with E-state index in [0.717, 1.165) is 0 Å². The van der Waals surface area contributed by atoms with Crippen LogP contribution in [0.15, 0.2) is 72.3 Å². The quantitative estimate of drug-likeness (QED) is 0.235. The van der Waals surface area contributed by atoms with E-state index >= 15 is 4.39 Å². The summed E-state index contributed by atoms with van der Waals surface area (Å²) >= 11 is 0. The maximum atomic E-state index is 17.4. The maximum Gasteiger partial charge on any atom is 0.348 e. The summed E-state index contributed by atoms with van der Waals surface area (Å²) in [6.07, 6.45) is 3.62. The number of carboxylic acids is 1. The number of hydrogen-bond donors (Lipinski definition) is 2. The second-order valence-corrected chi connectivity index (χ2v) is 13.0. The third kappa shape index (κ3) is 4.60. The first-order valence-electron chi connectivity index (χ1n) is 15.1. The van der Waals surface area contributed by atoms with E-state index in [1.54, 1.807) is 56.3 Å². The molecule has 0 aromatic heterocycles. The largest absolute Gasteiger partial charge is 0.478 e. The van der Waals surface area contributed by atoms with Gasteiger partial charge in [0.15, 0.2) is 11.5 Å². The van der Waals surface area contributed by atoms with Gasteiger partial charge in [0.05, 0.1) is 11.7 Å². The zero-order valence-electron chi connectivity index (χ0n) is 25.2. The van der Waals surface area contributed by atoms with Crippen molar-refractivity contribution in [1.29, 1.82) is 0 Å². The number of carbonyl (C=O) groups excluding carboxylic acids is 3. The molecule has 0 heterocycles. The van der Waals surface area contributed by atoms with Gasteiger partial charge in [0, 0.05) is 30.1 Å². The summed E-state index contributed by atoms with van der Waals surface area (Å²) in [5, 5.41) is 22.1. The number of ether oxygens (including phenoxy) is 3. The molecule has 6 rings (SSSR count). The first-order valence-corrected chi connectivity index (χ1v) is 15.1. The minimum absolute atomic E-state index is 0.0271. The van der Waals surface area contributed by atoms with E-state index in [-0.39, 0.29) is 37.0 Å². The van der Waals surface area contributed by atoms with E-state index in [0.29, 0.717) is 29.2 Å². The zero-order valence-corrected chi connectivity index (χ0v) is 25.2. The van der Waals surface area contributed by atoms with Gasteiger partial charge in [0.2, 0.25) is 5.60 Å². The Bertz CT molecular complexity index is 1630. The number of allylic oxidation sites excluding steroid dienone is 4. The molecule has 0 unspecified atom stereocenters. The van der Waals surface area contributed by atoms with Crippen molar-refractivity contribution in [1.82, 2.24) is 0 Å². The molecule has 7 atom stereocenters. The van der Waals surface area contributed by atoms with Crippen LogP contribution < -0.4 is 9.47 Å². The number of benzene rings is 2. The first-order chi connectivity index (χ1) is 21.2. The van der Waals surface area contributed by atoms with Gasteiger partial charge in [-0.25, -0.2) is 14.0 Å². The Kier molecular flexibility index (Phi) is 7.27. The maximum absolute atomic E-state index is 17.4. The molecule has 9 nitrogen and oxygen atoms in total. The van der Waals surface area contributed by atoms with Crippen LogP contribution in [0.1, 0.15) is 63.2 Å². The van der Waals surface area contributed by atoms with Crippen molar-refractivity contribution in [2.24, 2.45) is 22.7 Å². The lowest BCUT2D eigenvalue weighted by atomic mass is 9.45. The van der Waals surface area contributed by atoms with Gasteiger partial charge in [-0.1, -0.05) is 24.6 Å². The van der Waals surface area contributed by atoms with E-state index in [9.17, 15) is 29.4 Å². The molecule has 4 aliphatic carbocycles. The molecule has 2 fully saturated rings. The van der Waals surface area contributed by atoms with Gasteiger partial charge < -0.3 is 24.4 Å². The molecule has 0 spiro atoms. The van der Waals surface area contributed by atoms with Gasteiger partial charge in [-0.2, -0.15) is 0 Å². The van der Waals surface area contributed by atoms with Crippen molar-refractivity contribution in [2.45, 2.75) is 70.2 Å². The summed E-state index contributed by atoms with van der Waals surface area (Å²) in [4.78, 5) is 49.7. The highest BCUT2D eigenvalue weighted by Crippen LogP contribution is 2.69. The number of carbonyl (C=O) groups is 4. The molecular weight excluding hydrogens is 583 g/mol. The standard InChI is InChI=1S/C35H35FO9/c1-20(37)43-24-9-11-26(12-10-24)44-25-7-4-21(5-8-25)30(40)45-34(31(41)42)17-15-27-28-13-6-22-18-23(38)14-16-32(22,2)35(28,36)29(39)19-33(27,34)3/h4-12,14,16,27-29,39H,13,15,17-19H2,1-3H3,(H,41,42)/t27-,28-,29-,32-,33-,34-,35-/m0/s1. The predicted molar refractivity (Wildman–Crippen MR) is 158 cm³/mol. The summed E-state index contributed by atoms with van der Waals surface area (Å²) in [6, 6.07) is 12.4. The second-order valence-electron chi connectivity index (χ2n) is 13.0. The summed E-state index contributed by atoms with van der Waals surface area (Å²) in [6.45, 7) is 4.68. The van der Waals surface area contributed by atoms with Gasteiger partial charge in [-0.3, -0.25) is 9.59 Å². The normalized spacial score (nSPS) is 34.9. The van der Waals surface area contributed by atoms with Crippen LogP contribution in [0.3, 0.4) is 0 Å². The molecule has 0 amide bonds. The van der Waals surface area contributed by atoms with E-state index in [4.69, 9.17) is 14.2 Å². The van der Waals surface area contributed by atoms with Crippen LogP contribution in [0, 0.1) is 22.7 Å². The molecule has 236 valence electrons. The molecule has 0 saturated heterocycles. The smallest absolute Gasteiger partial charge is 0.348 e. The SMILES string of the molecule is CC(=O)Oc1ccc(Oc2ccc(C(=O)O[C@]3(C(=O)O)CC[C@H]4[C@@H]5CC=C6CC(=O)C=C[C@]6(C)[C@@]5(F)[C@@H](O)C[C@@]43C)cc2)cc1. The van der Waals surface area contributed by atoms with Crippen LogP contribution in [0.2, 0.25) is 0 Å². The van der Waals surface area contributed by atoms with E-state index in [1.807, 2.05) is 6.08 Å². The molecule has 2 aromatic carbocycles. The van der Waals surface area contributed by atoms with Crippen LogP contribution >= 0.6 is 0 Å². The Hall–Kier alpha value is -4.31. The van der Waals surface area contributed by atoms with Gasteiger partial charge >= 0.3 is 17.9 Å². The molecule has 0 radical (unpaired) electrons. The Balaban J connectivity index is 1.23. The Labute approximate surface area is 259 Å². The Morgan fingerprint density at radius 2 is 1.58 bits per heavy atom. The highest BCUT2D eigenvalue weighted by atomic mass is 19.1. The van der Waals surface area contributed by atoms with Crippen LogP contribution in [-0.2, 0) is 19.1 Å². The number of alkyl halides is 1. The van der Waals surface area contributed by atoms with E-state index in [1.165, 1.54) is 25.1 Å². The van der Waals surface area contributed by atoms with Gasteiger partial charge in [-0.05, 0) is 93.1 Å². The fourth-order valence-corrected chi connectivity index (χ4v) is 8.42. The monoisotopic (exact) mass is 618 g/mol. The summed E-state index contributed by atoms with van der Waals surface area (Å²) in [7, 11) is 0. The molecule has 0 aliphatic heterocycles. The van der Waals surface area contributed by atoms with Gasteiger partial charge in [0.1, 0.15) is 17.2 Å². The molecule has 2 N–H and O–H groups in total. The van der Waals surface area contributed by atoms with Crippen molar-refractivity contribution in [3.05, 3.63) is 77.9 Å². The fraction of sp³-hybridized carbons (Fsp3) is 0.429. The lowest BCUT2D eigenvalue weighted by Gasteiger charge is -2.61. The fourth-order valence-electron chi connectivity index (χ4n) is 8.42. The minimum Gasteiger partial charge on any atom is -0.478 e. The number of esters is 2. The van der Waals surface area contributed by atoms with Crippen molar-refractivity contribution in [3.8, 4) is 17.2 Å². The molecule has 2 saturated carbocycles. The molecule has 0 bridgehead atoms. The summed E-state index contributed by atoms with van der Waals surface area (Å²) in [5.74, 6) is -2.76. The number of ketones is 1. The number of halogens is 1.